The smallest absolute Gasteiger partial charge is 0.257 e. The predicted octanol–water partition coefficient (Wildman–Crippen LogP) is 5.26. The number of nitriles is 1. The summed E-state index contributed by atoms with van der Waals surface area (Å²) in [6.45, 7) is 0. The number of anilines is 3. The summed E-state index contributed by atoms with van der Waals surface area (Å²) in [6, 6.07) is 17.2. The molecule has 0 aliphatic rings. The molecule has 0 fully saturated rings. The second-order valence-corrected chi connectivity index (χ2v) is 6.08. The maximum atomic E-state index is 12.3. The first-order chi connectivity index (χ1) is 12.6. The number of rotatable bonds is 4. The lowest BCUT2D eigenvalue weighted by Gasteiger charge is -2.10. The van der Waals surface area contributed by atoms with E-state index in [2.05, 4.69) is 15.6 Å². The number of para-hydroxylation sites is 2. The number of carbonyl (C=O) groups excluding carboxylic acids is 1. The molecule has 0 aliphatic carbocycles. The number of nitrogens with zero attached hydrogens (tertiary/aromatic N) is 2. The second kappa shape index (κ2) is 7.87. The van der Waals surface area contributed by atoms with E-state index in [9.17, 15) is 4.79 Å². The van der Waals surface area contributed by atoms with Gasteiger partial charge in [0.25, 0.3) is 5.91 Å². The first-order valence-corrected chi connectivity index (χ1v) is 8.31. The fourth-order valence-corrected chi connectivity index (χ4v) is 2.72. The normalized spacial score (nSPS) is 10.0. The van der Waals surface area contributed by atoms with Crippen LogP contribution in [-0.2, 0) is 0 Å². The monoisotopic (exact) mass is 382 g/mol. The third-order valence-corrected chi connectivity index (χ3v) is 4.17. The van der Waals surface area contributed by atoms with Crippen LogP contribution in [0.4, 0.5) is 17.2 Å². The van der Waals surface area contributed by atoms with Gasteiger partial charge < -0.3 is 10.6 Å². The van der Waals surface area contributed by atoms with Crippen LogP contribution in [0.3, 0.4) is 0 Å². The number of amides is 1. The molecule has 1 heterocycles. The van der Waals surface area contributed by atoms with Crippen LogP contribution in [0.2, 0.25) is 10.0 Å². The fourth-order valence-electron chi connectivity index (χ4n) is 2.23. The molecule has 2 aromatic carbocycles. The predicted molar refractivity (Wildman–Crippen MR) is 103 cm³/mol. The largest absolute Gasteiger partial charge is 0.338 e. The Hall–Kier alpha value is -3.07. The average molecular weight is 383 g/mol. The molecule has 128 valence electrons. The molecule has 1 aromatic heterocycles. The SMILES string of the molecule is N#Cc1ccccc1NC(=O)c1ccc(Nc2c(Cl)cccc2Cl)nc1. The first kappa shape index (κ1) is 17.7. The standard InChI is InChI=1S/C19H12Cl2N4O/c20-14-5-3-6-15(21)18(14)25-17-9-8-13(11-23-17)19(26)24-16-7-2-1-4-12(16)10-22/h1-9,11H,(H,23,25)(H,24,26). The molecule has 0 radical (unpaired) electrons. The number of pyridine rings is 1. The molecular weight excluding hydrogens is 371 g/mol. The van der Waals surface area contributed by atoms with E-state index >= 15 is 0 Å². The third kappa shape index (κ3) is 3.94. The van der Waals surface area contributed by atoms with Gasteiger partial charge in [-0.1, -0.05) is 41.4 Å². The highest BCUT2D eigenvalue weighted by Crippen LogP contribution is 2.31. The Morgan fingerprint density at radius 2 is 1.73 bits per heavy atom. The van der Waals surface area contributed by atoms with Gasteiger partial charge in [-0.3, -0.25) is 4.79 Å². The number of nitrogens with one attached hydrogen (secondary N) is 2. The van der Waals surface area contributed by atoms with Crippen molar-refractivity contribution in [2.24, 2.45) is 0 Å². The molecule has 3 aromatic rings. The summed E-state index contributed by atoms with van der Waals surface area (Å²) >= 11 is 12.2. The van der Waals surface area contributed by atoms with E-state index < -0.39 is 0 Å². The minimum atomic E-state index is -0.359. The zero-order valence-corrected chi connectivity index (χ0v) is 14.8. The molecule has 5 nitrogen and oxygen atoms in total. The molecule has 7 heteroatoms. The number of hydrogen-bond acceptors (Lipinski definition) is 4. The molecule has 3 rings (SSSR count). The molecule has 1 amide bonds. The van der Waals surface area contributed by atoms with Crippen molar-refractivity contribution in [2.45, 2.75) is 0 Å². The fraction of sp³-hybridized carbons (Fsp3) is 0. The molecule has 26 heavy (non-hydrogen) atoms. The van der Waals surface area contributed by atoms with Crippen molar-refractivity contribution in [3.8, 4) is 6.07 Å². The van der Waals surface area contributed by atoms with Gasteiger partial charge in [0.05, 0.1) is 32.5 Å². The Bertz CT molecular complexity index is 977. The van der Waals surface area contributed by atoms with Crippen LogP contribution in [0, 0.1) is 11.3 Å². The number of halogens is 2. The van der Waals surface area contributed by atoms with Crippen molar-refractivity contribution in [3.63, 3.8) is 0 Å². The van der Waals surface area contributed by atoms with Crippen LogP contribution >= 0.6 is 23.2 Å². The Morgan fingerprint density at radius 3 is 2.38 bits per heavy atom. The van der Waals surface area contributed by atoms with E-state index in [0.717, 1.165) is 0 Å². The zero-order valence-electron chi connectivity index (χ0n) is 13.3. The molecule has 0 bridgehead atoms. The van der Waals surface area contributed by atoms with E-state index in [-0.39, 0.29) is 5.91 Å². The molecule has 0 spiro atoms. The van der Waals surface area contributed by atoms with E-state index in [1.165, 1.54) is 6.20 Å². The van der Waals surface area contributed by atoms with Gasteiger partial charge >= 0.3 is 0 Å². The molecular formula is C19H12Cl2N4O. The highest BCUT2D eigenvalue weighted by atomic mass is 35.5. The lowest BCUT2D eigenvalue weighted by atomic mass is 10.2. The summed E-state index contributed by atoms with van der Waals surface area (Å²) in [5, 5.41) is 15.7. The lowest BCUT2D eigenvalue weighted by Crippen LogP contribution is -2.13. The van der Waals surface area contributed by atoms with Crippen molar-refractivity contribution < 1.29 is 4.79 Å². The number of aromatic nitrogens is 1. The number of hydrogen-bond donors (Lipinski definition) is 2. The highest BCUT2D eigenvalue weighted by Gasteiger charge is 2.11. The van der Waals surface area contributed by atoms with Crippen LogP contribution in [0.5, 0.6) is 0 Å². The van der Waals surface area contributed by atoms with Crippen molar-refractivity contribution in [1.29, 1.82) is 5.26 Å². The molecule has 0 atom stereocenters. The Kier molecular flexibility index (Phi) is 5.37. The lowest BCUT2D eigenvalue weighted by molar-refractivity contribution is 0.102. The first-order valence-electron chi connectivity index (χ1n) is 7.56. The van der Waals surface area contributed by atoms with Gasteiger partial charge in [0.15, 0.2) is 0 Å². The molecule has 0 unspecified atom stereocenters. The van der Waals surface area contributed by atoms with Gasteiger partial charge in [0.1, 0.15) is 11.9 Å². The summed E-state index contributed by atoms with van der Waals surface area (Å²) < 4.78 is 0. The van der Waals surface area contributed by atoms with Crippen LogP contribution in [-0.4, -0.2) is 10.9 Å². The summed E-state index contributed by atoms with van der Waals surface area (Å²) in [6.07, 6.45) is 1.43. The van der Waals surface area contributed by atoms with Gasteiger partial charge in [-0.25, -0.2) is 4.98 Å². The van der Waals surface area contributed by atoms with Gasteiger partial charge in [-0.15, -0.1) is 0 Å². The van der Waals surface area contributed by atoms with Crippen molar-refractivity contribution in [1.82, 2.24) is 4.98 Å². The Labute approximate surface area is 160 Å². The maximum Gasteiger partial charge on any atom is 0.257 e. The second-order valence-electron chi connectivity index (χ2n) is 5.27. The summed E-state index contributed by atoms with van der Waals surface area (Å²) in [7, 11) is 0. The van der Waals surface area contributed by atoms with Crippen molar-refractivity contribution in [2.75, 3.05) is 10.6 Å². The molecule has 0 aliphatic heterocycles. The molecule has 2 N–H and O–H groups in total. The quantitative estimate of drug-likeness (QED) is 0.645. The summed E-state index contributed by atoms with van der Waals surface area (Å²) in [5.41, 5.74) is 1.74. The minimum Gasteiger partial charge on any atom is -0.338 e. The van der Waals surface area contributed by atoms with Crippen LogP contribution < -0.4 is 10.6 Å². The number of carbonyl (C=O) groups is 1. The van der Waals surface area contributed by atoms with E-state index in [4.69, 9.17) is 28.5 Å². The van der Waals surface area contributed by atoms with Crippen molar-refractivity contribution >= 4 is 46.3 Å². The number of benzene rings is 2. The van der Waals surface area contributed by atoms with Crippen molar-refractivity contribution in [3.05, 3.63) is 82.0 Å². The van der Waals surface area contributed by atoms with Crippen LogP contribution in [0.15, 0.2) is 60.8 Å². The van der Waals surface area contributed by atoms with Crippen LogP contribution in [0.25, 0.3) is 0 Å². The Morgan fingerprint density at radius 1 is 1.00 bits per heavy atom. The Balaban J connectivity index is 1.75. The van der Waals surface area contributed by atoms with E-state index in [1.54, 1.807) is 54.6 Å². The minimum absolute atomic E-state index is 0.355. The topological polar surface area (TPSA) is 77.8 Å². The van der Waals surface area contributed by atoms with Gasteiger partial charge in [0.2, 0.25) is 0 Å². The van der Waals surface area contributed by atoms with Gasteiger partial charge in [-0.05, 0) is 36.4 Å². The van der Waals surface area contributed by atoms with E-state index in [1.807, 2.05) is 6.07 Å². The zero-order chi connectivity index (χ0) is 18.5. The molecule has 0 saturated heterocycles. The van der Waals surface area contributed by atoms with E-state index in [0.29, 0.717) is 38.4 Å². The maximum absolute atomic E-state index is 12.3. The average Bonchev–Trinajstić information content (AvgIpc) is 2.66. The summed E-state index contributed by atoms with van der Waals surface area (Å²) in [5.74, 6) is 0.136. The molecule has 0 saturated carbocycles. The van der Waals surface area contributed by atoms with Gasteiger partial charge in [0, 0.05) is 6.20 Å². The third-order valence-electron chi connectivity index (χ3n) is 3.54. The van der Waals surface area contributed by atoms with Gasteiger partial charge in [-0.2, -0.15) is 5.26 Å². The summed E-state index contributed by atoms with van der Waals surface area (Å²) in [4.78, 5) is 16.5. The van der Waals surface area contributed by atoms with Crippen LogP contribution in [0.1, 0.15) is 15.9 Å². The highest BCUT2D eigenvalue weighted by molar-refractivity contribution is 6.39.